The monoisotopic (exact) mass is 216 g/mol. The molecule has 16 heavy (non-hydrogen) atoms. The normalized spacial score (nSPS) is 14.6. The van der Waals surface area contributed by atoms with Crippen LogP contribution in [0.5, 0.6) is 0 Å². The molecule has 0 saturated carbocycles. The van der Waals surface area contributed by atoms with Crippen LogP contribution in [0.1, 0.15) is 22.3 Å². The van der Waals surface area contributed by atoms with E-state index in [-0.39, 0.29) is 11.4 Å². The van der Waals surface area contributed by atoms with Crippen LogP contribution in [0.2, 0.25) is 0 Å². The van der Waals surface area contributed by atoms with Crippen molar-refractivity contribution in [1.29, 1.82) is 0 Å². The summed E-state index contributed by atoms with van der Waals surface area (Å²) in [5.74, 6) is -0.412. The van der Waals surface area contributed by atoms with Gasteiger partial charge in [0.05, 0.1) is 5.56 Å². The Hall–Kier alpha value is -2.17. The number of aliphatic imine (C=N–C) groups is 1. The zero-order valence-electron chi connectivity index (χ0n) is 8.68. The molecule has 1 aromatic rings. The summed E-state index contributed by atoms with van der Waals surface area (Å²) in [5, 5.41) is 0. The van der Waals surface area contributed by atoms with Crippen LogP contribution in [-0.2, 0) is 0 Å². The number of nitrogens with zero attached hydrogens (tertiary/aromatic N) is 2. The van der Waals surface area contributed by atoms with Gasteiger partial charge >= 0.3 is 0 Å². The van der Waals surface area contributed by atoms with Crippen molar-refractivity contribution in [2.24, 2.45) is 10.7 Å². The highest BCUT2D eigenvalue weighted by atomic mass is 16.1. The lowest BCUT2D eigenvalue weighted by Crippen LogP contribution is -2.15. The molecule has 0 saturated heterocycles. The molecule has 0 unspecified atom stereocenters. The van der Waals surface area contributed by atoms with Gasteiger partial charge in [0.25, 0.3) is 5.91 Å². The molecule has 1 amide bonds. The van der Waals surface area contributed by atoms with E-state index in [0.29, 0.717) is 0 Å². The molecule has 5 nitrogen and oxygen atoms in total. The molecule has 1 aromatic heterocycles. The lowest BCUT2D eigenvalue weighted by atomic mass is 10.0. The average molecular weight is 216 g/mol. The number of anilines is 1. The first-order valence-corrected chi connectivity index (χ1v) is 4.94. The second-order valence-corrected chi connectivity index (χ2v) is 3.50. The van der Waals surface area contributed by atoms with Gasteiger partial charge in [-0.1, -0.05) is 6.08 Å². The fourth-order valence-corrected chi connectivity index (χ4v) is 1.53. The number of carbonyl (C=O) groups excluding carboxylic acids is 1. The molecule has 0 aliphatic carbocycles. The number of rotatable bonds is 2. The number of carbonyl (C=O) groups is 1. The molecule has 1 aliphatic rings. The van der Waals surface area contributed by atoms with Gasteiger partial charge in [-0.05, 0) is 18.1 Å². The Kier molecular flexibility index (Phi) is 2.68. The zero-order chi connectivity index (χ0) is 11.5. The van der Waals surface area contributed by atoms with E-state index in [1.165, 1.54) is 0 Å². The number of dihydropyridines is 1. The minimum absolute atomic E-state index is 0.157. The number of pyridine rings is 1. The Balaban J connectivity index is 2.43. The Morgan fingerprint density at radius 3 is 2.88 bits per heavy atom. The summed E-state index contributed by atoms with van der Waals surface area (Å²) in [6, 6.07) is 1.65. The number of aromatic nitrogens is 1. The molecule has 1 aliphatic heterocycles. The van der Waals surface area contributed by atoms with E-state index in [9.17, 15) is 4.79 Å². The predicted molar refractivity (Wildman–Crippen MR) is 63.1 cm³/mol. The minimum Gasteiger partial charge on any atom is -0.383 e. The summed E-state index contributed by atoms with van der Waals surface area (Å²) < 4.78 is 0. The van der Waals surface area contributed by atoms with Gasteiger partial charge in [-0.2, -0.15) is 0 Å². The van der Waals surface area contributed by atoms with Gasteiger partial charge in [0.2, 0.25) is 0 Å². The molecular formula is C11H12N4O. The number of nitrogen functional groups attached to an aromatic ring is 1. The van der Waals surface area contributed by atoms with E-state index >= 15 is 0 Å². The molecule has 0 bridgehead atoms. The lowest BCUT2D eigenvalue weighted by molar-refractivity contribution is 0.100. The summed E-state index contributed by atoms with van der Waals surface area (Å²) in [7, 11) is 0. The number of hydrogen-bond acceptors (Lipinski definition) is 4. The van der Waals surface area contributed by atoms with Gasteiger partial charge in [0, 0.05) is 24.5 Å². The molecule has 0 fully saturated rings. The van der Waals surface area contributed by atoms with Crippen LogP contribution in [0.4, 0.5) is 5.82 Å². The van der Waals surface area contributed by atoms with Crippen LogP contribution in [0.25, 0.3) is 5.57 Å². The summed E-state index contributed by atoms with van der Waals surface area (Å²) >= 11 is 0. The van der Waals surface area contributed by atoms with Gasteiger partial charge in [-0.25, -0.2) is 4.98 Å². The van der Waals surface area contributed by atoms with E-state index in [1.54, 1.807) is 18.5 Å². The van der Waals surface area contributed by atoms with E-state index < -0.39 is 5.91 Å². The third kappa shape index (κ3) is 1.93. The third-order valence-electron chi connectivity index (χ3n) is 2.37. The number of nitrogens with two attached hydrogens (primary N) is 2. The van der Waals surface area contributed by atoms with Gasteiger partial charge in [0.1, 0.15) is 5.82 Å². The number of amides is 1. The SMILES string of the molecule is NC(=O)c1cc(C2=CCCN=C2)cnc1N. The Labute approximate surface area is 92.9 Å². The van der Waals surface area contributed by atoms with Gasteiger partial charge < -0.3 is 11.5 Å². The fourth-order valence-electron chi connectivity index (χ4n) is 1.53. The number of hydrogen-bond donors (Lipinski definition) is 2. The van der Waals surface area contributed by atoms with Crippen molar-refractivity contribution in [3.63, 3.8) is 0 Å². The molecule has 0 aromatic carbocycles. The summed E-state index contributed by atoms with van der Waals surface area (Å²) in [4.78, 5) is 19.2. The summed E-state index contributed by atoms with van der Waals surface area (Å²) in [5.41, 5.74) is 12.8. The molecule has 5 heteroatoms. The zero-order valence-corrected chi connectivity index (χ0v) is 8.68. The quantitative estimate of drug-likeness (QED) is 0.758. The first kappa shape index (κ1) is 10.4. The lowest BCUT2D eigenvalue weighted by Gasteiger charge is -2.08. The van der Waals surface area contributed by atoms with Crippen molar-refractivity contribution in [2.45, 2.75) is 6.42 Å². The molecular weight excluding hydrogens is 204 g/mol. The second-order valence-electron chi connectivity index (χ2n) is 3.50. The molecule has 0 atom stereocenters. The average Bonchev–Trinajstić information content (AvgIpc) is 2.30. The number of allylic oxidation sites excluding steroid dienone is 1. The molecule has 2 heterocycles. The van der Waals surface area contributed by atoms with Crippen molar-refractivity contribution in [3.05, 3.63) is 29.5 Å². The van der Waals surface area contributed by atoms with Crippen LogP contribution >= 0.6 is 0 Å². The maximum Gasteiger partial charge on any atom is 0.252 e. The third-order valence-corrected chi connectivity index (χ3v) is 2.37. The van der Waals surface area contributed by atoms with E-state index in [0.717, 1.165) is 24.1 Å². The van der Waals surface area contributed by atoms with E-state index in [2.05, 4.69) is 9.98 Å². The van der Waals surface area contributed by atoms with Crippen molar-refractivity contribution in [2.75, 3.05) is 12.3 Å². The first-order chi connectivity index (χ1) is 7.68. The summed E-state index contributed by atoms with van der Waals surface area (Å²) in [6.45, 7) is 0.800. The maximum atomic E-state index is 11.1. The largest absolute Gasteiger partial charge is 0.383 e. The van der Waals surface area contributed by atoms with Crippen LogP contribution < -0.4 is 11.5 Å². The second kappa shape index (κ2) is 4.14. The topological polar surface area (TPSA) is 94.4 Å². The van der Waals surface area contributed by atoms with Crippen molar-refractivity contribution in [1.82, 2.24) is 4.98 Å². The van der Waals surface area contributed by atoms with Crippen LogP contribution in [-0.4, -0.2) is 23.7 Å². The summed E-state index contributed by atoms with van der Waals surface area (Å²) in [6.07, 6.45) is 6.32. The number of primary amides is 1. The van der Waals surface area contributed by atoms with Gasteiger partial charge in [-0.3, -0.25) is 9.79 Å². The van der Waals surface area contributed by atoms with E-state index in [4.69, 9.17) is 11.5 Å². The fraction of sp³-hybridized carbons (Fsp3) is 0.182. The first-order valence-electron chi connectivity index (χ1n) is 4.94. The Morgan fingerprint density at radius 2 is 2.25 bits per heavy atom. The molecule has 0 radical (unpaired) electrons. The van der Waals surface area contributed by atoms with Crippen molar-refractivity contribution >= 4 is 23.5 Å². The highest BCUT2D eigenvalue weighted by Crippen LogP contribution is 2.18. The van der Waals surface area contributed by atoms with Gasteiger partial charge in [-0.15, -0.1) is 0 Å². The predicted octanol–water partition coefficient (Wildman–Crippen LogP) is 0.621. The minimum atomic E-state index is -0.569. The van der Waals surface area contributed by atoms with Crippen molar-refractivity contribution < 1.29 is 4.79 Å². The van der Waals surface area contributed by atoms with Crippen LogP contribution in [0, 0.1) is 0 Å². The molecule has 4 N–H and O–H groups in total. The standard InChI is InChI=1S/C11H12N4O/c12-10-9(11(13)16)4-8(6-15-10)7-2-1-3-14-5-7/h2,4-6H,1,3H2,(H2,12,15)(H2,13,16). The molecule has 2 rings (SSSR count). The molecule has 0 spiro atoms. The Bertz CT molecular complexity index is 491. The Morgan fingerprint density at radius 1 is 1.44 bits per heavy atom. The van der Waals surface area contributed by atoms with Crippen LogP contribution in [0.3, 0.4) is 0 Å². The van der Waals surface area contributed by atoms with E-state index in [1.807, 2.05) is 6.08 Å². The van der Waals surface area contributed by atoms with Crippen molar-refractivity contribution in [3.8, 4) is 0 Å². The highest BCUT2D eigenvalue weighted by Gasteiger charge is 2.10. The smallest absolute Gasteiger partial charge is 0.252 e. The van der Waals surface area contributed by atoms with Crippen LogP contribution in [0.15, 0.2) is 23.3 Å². The van der Waals surface area contributed by atoms with Gasteiger partial charge in [0.15, 0.2) is 0 Å². The maximum absolute atomic E-state index is 11.1. The highest BCUT2D eigenvalue weighted by molar-refractivity contribution is 6.11. The molecule has 82 valence electrons.